The summed E-state index contributed by atoms with van der Waals surface area (Å²) in [5.41, 5.74) is 7.33. The summed E-state index contributed by atoms with van der Waals surface area (Å²) in [6, 6.07) is 7.71. The molecule has 1 aromatic heterocycles. The van der Waals surface area contributed by atoms with Crippen molar-refractivity contribution in [2.24, 2.45) is 5.73 Å². The van der Waals surface area contributed by atoms with Gasteiger partial charge in [-0.15, -0.1) is 0 Å². The Hall–Kier alpha value is -2.10. The fourth-order valence-corrected chi connectivity index (χ4v) is 1.60. The zero-order valence-corrected chi connectivity index (χ0v) is 9.14. The Morgan fingerprint density at radius 1 is 1.50 bits per heavy atom. The molecule has 0 radical (unpaired) electrons. The largest absolute Gasteiger partial charge is 0.384 e. The molecule has 1 aromatic carbocycles. The van der Waals surface area contributed by atoms with E-state index in [0.29, 0.717) is 0 Å². The normalized spacial score (nSPS) is 10.3. The van der Waals surface area contributed by atoms with Crippen LogP contribution >= 0.6 is 0 Å². The van der Waals surface area contributed by atoms with Gasteiger partial charge < -0.3 is 10.3 Å². The summed E-state index contributed by atoms with van der Waals surface area (Å²) < 4.78 is 2.05. The number of benzene rings is 1. The monoisotopic (exact) mass is 214 g/mol. The van der Waals surface area contributed by atoms with E-state index >= 15 is 0 Å². The number of imidazole rings is 1. The second-order valence-corrected chi connectivity index (χ2v) is 3.72. The van der Waals surface area contributed by atoms with E-state index in [0.717, 1.165) is 23.5 Å². The highest BCUT2D eigenvalue weighted by molar-refractivity contribution is 5.95. The van der Waals surface area contributed by atoms with Crippen molar-refractivity contribution in [3.05, 3.63) is 53.6 Å². The van der Waals surface area contributed by atoms with Gasteiger partial charge in [0, 0.05) is 24.5 Å². The molecule has 0 spiro atoms. The highest BCUT2D eigenvalue weighted by Gasteiger charge is 2.01. The molecular formula is C12H14N4. The van der Waals surface area contributed by atoms with E-state index in [1.165, 1.54) is 0 Å². The van der Waals surface area contributed by atoms with Crippen molar-refractivity contribution in [1.29, 1.82) is 5.41 Å². The molecule has 0 saturated heterocycles. The van der Waals surface area contributed by atoms with Gasteiger partial charge in [0.25, 0.3) is 0 Å². The number of hydrogen-bond donors (Lipinski definition) is 2. The first-order valence-corrected chi connectivity index (χ1v) is 5.08. The van der Waals surface area contributed by atoms with Gasteiger partial charge in [0.15, 0.2) is 0 Å². The third-order valence-electron chi connectivity index (χ3n) is 2.51. The Labute approximate surface area is 94.2 Å². The van der Waals surface area contributed by atoms with Gasteiger partial charge in [0.1, 0.15) is 11.7 Å². The lowest BCUT2D eigenvalue weighted by Crippen LogP contribution is -2.11. The number of nitrogen functional groups attached to an aromatic ring is 1. The highest BCUT2D eigenvalue weighted by atomic mass is 15.0. The Morgan fingerprint density at radius 3 is 2.94 bits per heavy atom. The summed E-state index contributed by atoms with van der Waals surface area (Å²) in [4.78, 5) is 4.17. The van der Waals surface area contributed by atoms with Crippen LogP contribution in [0, 0.1) is 12.3 Å². The zero-order chi connectivity index (χ0) is 11.5. The summed E-state index contributed by atoms with van der Waals surface area (Å²) in [5, 5.41) is 7.38. The van der Waals surface area contributed by atoms with Gasteiger partial charge in [0.05, 0.1) is 0 Å². The Bertz CT molecular complexity index is 513. The standard InChI is InChI=1S/C12H14N4/c1-9-15-5-6-16(9)8-10-3-2-4-11(7-10)12(13)14/h2-7H,8H2,1H3,(H3,13,14). The highest BCUT2D eigenvalue weighted by Crippen LogP contribution is 2.08. The maximum absolute atomic E-state index is 7.38. The summed E-state index contributed by atoms with van der Waals surface area (Å²) in [5.74, 6) is 1.08. The van der Waals surface area contributed by atoms with Crippen LogP contribution in [0.4, 0.5) is 0 Å². The molecule has 2 aromatic rings. The van der Waals surface area contributed by atoms with Crippen molar-refractivity contribution in [2.75, 3.05) is 0 Å². The van der Waals surface area contributed by atoms with Crippen LogP contribution in [0.25, 0.3) is 0 Å². The van der Waals surface area contributed by atoms with Gasteiger partial charge in [-0.25, -0.2) is 4.98 Å². The predicted octanol–water partition coefficient (Wildman–Crippen LogP) is 1.52. The minimum Gasteiger partial charge on any atom is -0.384 e. The topological polar surface area (TPSA) is 67.7 Å². The van der Waals surface area contributed by atoms with Crippen molar-refractivity contribution in [1.82, 2.24) is 9.55 Å². The van der Waals surface area contributed by atoms with Crippen LogP contribution in [0.1, 0.15) is 17.0 Å². The maximum Gasteiger partial charge on any atom is 0.122 e. The van der Waals surface area contributed by atoms with Crippen LogP contribution in [0.15, 0.2) is 36.7 Å². The Balaban J connectivity index is 2.25. The molecule has 0 aliphatic heterocycles. The molecule has 4 nitrogen and oxygen atoms in total. The van der Waals surface area contributed by atoms with Crippen LogP contribution < -0.4 is 5.73 Å². The number of aryl methyl sites for hydroxylation is 1. The lowest BCUT2D eigenvalue weighted by Gasteiger charge is -2.06. The van der Waals surface area contributed by atoms with Gasteiger partial charge in [-0.3, -0.25) is 5.41 Å². The molecule has 0 bridgehead atoms. The number of nitrogens with two attached hydrogens (primary N) is 1. The van der Waals surface area contributed by atoms with Crippen molar-refractivity contribution in [3.63, 3.8) is 0 Å². The molecule has 0 atom stereocenters. The summed E-state index contributed by atoms with van der Waals surface area (Å²) in [7, 11) is 0. The first kappa shape index (κ1) is 10.4. The average Bonchev–Trinajstić information content (AvgIpc) is 2.65. The van der Waals surface area contributed by atoms with Crippen molar-refractivity contribution in [2.45, 2.75) is 13.5 Å². The smallest absolute Gasteiger partial charge is 0.122 e. The van der Waals surface area contributed by atoms with Gasteiger partial charge in [0.2, 0.25) is 0 Å². The number of amidine groups is 1. The van der Waals surface area contributed by atoms with E-state index in [4.69, 9.17) is 11.1 Å². The molecule has 16 heavy (non-hydrogen) atoms. The lowest BCUT2D eigenvalue weighted by atomic mass is 10.1. The van der Waals surface area contributed by atoms with Gasteiger partial charge in [-0.1, -0.05) is 18.2 Å². The molecule has 1 heterocycles. The quantitative estimate of drug-likeness (QED) is 0.601. The molecule has 0 amide bonds. The van der Waals surface area contributed by atoms with Crippen LogP contribution in [0.5, 0.6) is 0 Å². The van der Waals surface area contributed by atoms with Gasteiger partial charge >= 0.3 is 0 Å². The number of nitrogens with one attached hydrogen (secondary N) is 1. The van der Waals surface area contributed by atoms with Crippen molar-refractivity contribution >= 4 is 5.84 Å². The van der Waals surface area contributed by atoms with E-state index in [1.807, 2.05) is 37.4 Å². The first-order valence-electron chi connectivity index (χ1n) is 5.08. The molecule has 0 unspecified atom stereocenters. The number of nitrogens with zero attached hydrogens (tertiary/aromatic N) is 2. The van der Waals surface area contributed by atoms with Gasteiger partial charge in [-0.2, -0.15) is 0 Å². The molecule has 2 rings (SSSR count). The number of aromatic nitrogens is 2. The molecule has 0 fully saturated rings. The molecule has 3 N–H and O–H groups in total. The van der Waals surface area contributed by atoms with E-state index < -0.39 is 0 Å². The molecule has 0 saturated carbocycles. The second-order valence-electron chi connectivity index (χ2n) is 3.72. The minimum atomic E-state index is 0.101. The Morgan fingerprint density at radius 2 is 2.31 bits per heavy atom. The van der Waals surface area contributed by atoms with E-state index in [9.17, 15) is 0 Å². The lowest BCUT2D eigenvalue weighted by molar-refractivity contribution is 0.761. The van der Waals surface area contributed by atoms with Crippen LogP contribution in [0.2, 0.25) is 0 Å². The maximum atomic E-state index is 7.38. The molecule has 0 aliphatic carbocycles. The van der Waals surface area contributed by atoms with Gasteiger partial charge in [-0.05, 0) is 18.6 Å². The second kappa shape index (κ2) is 4.18. The number of rotatable bonds is 3. The van der Waals surface area contributed by atoms with Crippen LogP contribution in [-0.2, 0) is 6.54 Å². The summed E-state index contributed by atoms with van der Waals surface area (Å²) >= 11 is 0. The third-order valence-corrected chi connectivity index (χ3v) is 2.51. The average molecular weight is 214 g/mol. The molecular weight excluding hydrogens is 200 g/mol. The van der Waals surface area contributed by atoms with E-state index in [-0.39, 0.29) is 5.84 Å². The minimum absolute atomic E-state index is 0.101. The summed E-state index contributed by atoms with van der Waals surface area (Å²) in [6.45, 7) is 2.72. The number of hydrogen-bond acceptors (Lipinski definition) is 2. The van der Waals surface area contributed by atoms with Crippen LogP contribution in [-0.4, -0.2) is 15.4 Å². The molecule has 4 heteroatoms. The van der Waals surface area contributed by atoms with Crippen LogP contribution in [0.3, 0.4) is 0 Å². The third kappa shape index (κ3) is 2.11. The van der Waals surface area contributed by atoms with E-state index in [1.54, 1.807) is 6.20 Å². The van der Waals surface area contributed by atoms with E-state index in [2.05, 4.69) is 9.55 Å². The first-order chi connectivity index (χ1) is 7.66. The van der Waals surface area contributed by atoms with Crippen molar-refractivity contribution < 1.29 is 0 Å². The fourth-order valence-electron chi connectivity index (χ4n) is 1.60. The summed E-state index contributed by atoms with van der Waals surface area (Å²) in [6.07, 6.45) is 3.72. The zero-order valence-electron chi connectivity index (χ0n) is 9.14. The molecule has 82 valence electrons. The predicted molar refractivity (Wildman–Crippen MR) is 63.5 cm³/mol. The Kier molecular flexibility index (Phi) is 2.72. The van der Waals surface area contributed by atoms with Crippen molar-refractivity contribution in [3.8, 4) is 0 Å². The fraction of sp³-hybridized carbons (Fsp3) is 0.167. The molecule has 0 aliphatic rings. The SMILES string of the molecule is Cc1nccn1Cc1cccc(C(=N)N)c1.